The van der Waals surface area contributed by atoms with Crippen LogP contribution in [0.15, 0.2) is 16.6 Å². The predicted octanol–water partition coefficient (Wildman–Crippen LogP) is 3.46. The van der Waals surface area contributed by atoms with E-state index in [1.165, 1.54) is 24.8 Å². The third kappa shape index (κ3) is 2.36. The molecule has 98 valence electrons. The molecule has 1 unspecified atom stereocenters. The van der Waals surface area contributed by atoms with E-state index >= 15 is 0 Å². The van der Waals surface area contributed by atoms with E-state index in [0.717, 1.165) is 28.4 Å². The van der Waals surface area contributed by atoms with Gasteiger partial charge >= 0.3 is 0 Å². The summed E-state index contributed by atoms with van der Waals surface area (Å²) in [6.45, 7) is 3.48. The van der Waals surface area contributed by atoms with Crippen LogP contribution in [0.5, 0.6) is 11.5 Å². The van der Waals surface area contributed by atoms with E-state index in [1.807, 2.05) is 6.07 Å². The Morgan fingerprint density at radius 2 is 2.06 bits per heavy atom. The molecule has 1 aromatic rings. The van der Waals surface area contributed by atoms with Crippen LogP contribution in [-0.4, -0.2) is 12.8 Å². The molecule has 0 spiro atoms. The smallest absolute Gasteiger partial charge is 0.231 e. The molecule has 1 aliphatic heterocycles. The minimum Gasteiger partial charge on any atom is -0.454 e. The minimum absolute atomic E-state index is 0.330. The zero-order valence-corrected chi connectivity index (χ0v) is 12.1. The Morgan fingerprint density at radius 3 is 2.72 bits per heavy atom. The summed E-state index contributed by atoms with van der Waals surface area (Å²) in [4.78, 5) is 0. The molecule has 1 aliphatic carbocycles. The predicted molar refractivity (Wildman–Crippen MR) is 73.9 cm³/mol. The Labute approximate surface area is 116 Å². The second-order valence-electron chi connectivity index (χ2n) is 5.16. The average molecular weight is 312 g/mol. The summed E-state index contributed by atoms with van der Waals surface area (Å²) in [6.07, 6.45) is 4.14. The van der Waals surface area contributed by atoms with E-state index in [2.05, 4.69) is 34.2 Å². The second-order valence-corrected chi connectivity index (χ2v) is 6.01. The number of ether oxygens (including phenoxy) is 2. The first kappa shape index (κ1) is 12.3. The minimum atomic E-state index is 0.330. The molecule has 18 heavy (non-hydrogen) atoms. The van der Waals surface area contributed by atoms with Gasteiger partial charge in [0.1, 0.15) is 0 Å². The van der Waals surface area contributed by atoms with Gasteiger partial charge < -0.3 is 14.8 Å². The number of fused-ring (bicyclic) bond motifs is 1. The zero-order valence-electron chi connectivity index (χ0n) is 10.5. The maximum Gasteiger partial charge on any atom is 0.231 e. The van der Waals surface area contributed by atoms with E-state index in [4.69, 9.17) is 9.47 Å². The quantitative estimate of drug-likeness (QED) is 0.923. The van der Waals surface area contributed by atoms with Crippen molar-refractivity contribution in [2.75, 3.05) is 6.79 Å². The highest BCUT2D eigenvalue weighted by Gasteiger charge is 2.24. The summed E-state index contributed by atoms with van der Waals surface area (Å²) in [5.74, 6) is 2.54. The third-order valence-corrected chi connectivity index (χ3v) is 4.75. The number of hydrogen-bond acceptors (Lipinski definition) is 3. The van der Waals surface area contributed by atoms with Crippen LogP contribution in [0.1, 0.15) is 31.7 Å². The first-order valence-electron chi connectivity index (χ1n) is 6.55. The van der Waals surface area contributed by atoms with Crippen molar-refractivity contribution in [2.24, 2.45) is 5.92 Å². The maximum absolute atomic E-state index is 5.41. The Bertz CT molecular complexity index is 446. The fourth-order valence-corrected chi connectivity index (χ4v) is 2.93. The van der Waals surface area contributed by atoms with Gasteiger partial charge in [0.2, 0.25) is 6.79 Å². The van der Waals surface area contributed by atoms with E-state index in [-0.39, 0.29) is 0 Å². The normalized spacial score (nSPS) is 19.7. The van der Waals surface area contributed by atoms with Crippen molar-refractivity contribution in [3.8, 4) is 11.5 Å². The summed E-state index contributed by atoms with van der Waals surface area (Å²) < 4.78 is 11.8. The van der Waals surface area contributed by atoms with E-state index in [9.17, 15) is 0 Å². The molecule has 0 bridgehead atoms. The molecule has 1 aromatic carbocycles. The SMILES string of the molecule is CC(NCc1cc2c(cc1Br)OCO2)C1CCC1. The third-order valence-electron chi connectivity index (χ3n) is 4.01. The standard InChI is InChI=1S/C14H18BrNO2/c1-9(10-3-2-4-10)16-7-11-5-13-14(6-12(11)15)18-8-17-13/h5-6,9-10,16H,2-4,7-8H2,1H3. The first-order chi connectivity index (χ1) is 8.74. The number of hydrogen-bond donors (Lipinski definition) is 1. The monoisotopic (exact) mass is 311 g/mol. The second kappa shape index (κ2) is 5.10. The molecule has 2 aliphatic rings. The maximum atomic E-state index is 5.41. The summed E-state index contributed by atoms with van der Waals surface area (Å²) in [7, 11) is 0. The van der Waals surface area contributed by atoms with Gasteiger partial charge in [0.15, 0.2) is 11.5 Å². The van der Waals surface area contributed by atoms with Gasteiger partial charge in [0, 0.05) is 17.1 Å². The molecule has 1 saturated carbocycles. The molecule has 3 nitrogen and oxygen atoms in total. The van der Waals surface area contributed by atoms with Crippen molar-refractivity contribution in [2.45, 2.75) is 38.8 Å². The van der Waals surface area contributed by atoms with Crippen molar-refractivity contribution >= 4 is 15.9 Å². The van der Waals surface area contributed by atoms with Crippen LogP contribution in [0.3, 0.4) is 0 Å². The Balaban J connectivity index is 1.65. The van der Waals surface area contributed by atoms with Crippen molar-refractivity contribution in [1.82, 2.24) is 5.32 Å². The van der Waals surface area contributed by atoms with Crippen LogP contribution in [0.4, 0.5) is 0 Å². The average Bonchev–Trinajstić information content (AvgIpc) is 2.70. The van der Waals surface area contributed by atoms with Crippen LogP contribution < -0.4 is 14.8 Å². The first-order valence-corrected chi connectivity index (χ1v) is 7.35. The van der Waals surface area contributed by atoms with Gasteiger partial charge in [-0.1, -0.05) is 22.4 Å². The van der Waals surface area contributed by atoms with E-state index in [1.54, 1.807) is 0 Å². The molecule has 0 amide bonds. The molecule has 1 atom stereocenters. The highest BCUT2D eigenvalue weighted by Crippen LogP contribution is 2.37. The number of rotatable bonds is 4. The lowest BCUT2D eigenvalue weighted by Gasteiger charge is -2.32. The number of benzene rings is 1. The Kier molecular flexibility index (Phi) is 3.48. The summed E-state index contributed by atoms with van der Waals surface area (Å²) >= 11 is 3.59. The summed E-state index contributed by atoms with van der Waals surface area (Å²) in [5, 5.41) is 3.61. The van der Waals surface area contributed by atoms with Crippen molar-refractivity contribution in [3.63, 3.8) is 0 Å². The summed E-state index contributed by atoms with van der Waals surface area (Å²) in [6, 6.07) is 4.65. The summed E-state index contributed by atoms with van der Waals surface area (Å²) in [5.41, 5.74) is 1.23. The van der Waals surface area contributed by atoms with Crippen molar-refractivity contribution in [3.05, 3.63) is 22.2 Å². The van der Waals surface area contributed by atoms with Gasteiger partial charge in [-0.15, -0.1) is 0 Å². The lowest BCUT2D eigenvalue weighted by atomic mass is 9.80. The topological polar surface area (TPSA) is 30.5 Å². The highest BCUT2D eigenvalue weighted by atomic mass is 79.9. The molecular formula is C14H18BrNO2. The van der Waals surface area contributed by atoms with Gasteiger partial charge in [-0.2, -0.15) is 0 Å². The fourth-order valence-electron chi connectivity index (χ4n) is 2.47. The van der Waals surface area contributed by atoms with Crippen LogP contribution >= 0.6 is 15.9 Å². The van der Waals surface area contributed by atoms with E-state index in [0.29, 0.717) is 12.8 Å². The molecule has 3 rings (SSSR count). The Hall–Kier alpha value is -0.740. The molecule has 1 N–H and O–H groups in total. The van der Waals surface area contributed by atoms with Crippen LogP contribution in [0.25, 0.3) is 0 Å². The Morgan fingerprint density at radius 1 is 1.33 bits per heavy atom. The van der Waals surface area contributed by atoms with Crippen LogP contribution in [-0.2, 0) is 6.54 Å². The van der Waals surface area contributed by atoms with Gasteiger partial charge in [-0.25, -0.2) is 0 Å². The lowest BCUT2D eigenvalue weighted by molar-refractivity contribution is 0.174. The fraction of sp³-hybridized carbons (Fsp3) is 0.571. The number of nitrogens with one attached hydrogen (secondary N) is 1. The van der Waals surface area contributed by atoms with Gasteiger partial charge in [-0.05, 0) is 43.4 Å². The van der Waals surface area contributed by atoms with Gasteiger partial charge in [-0.3, -0.25) is 0 Å². The van der Waals surface area contributed by atoms with E-state index < -0.39 is 0 Å². The molecule has 1 fully saturated rings. The zero-order chi connectivity index (χ0) is 12.5. The molecule has 0 radical (unpaired) electrons. The van der Waals surface area contributed by atoms with Crippen LogP contribution in [0.2, 0.25) is 0 Å². The highest BCUT2D eigenvalue weighted by molar-refractivity contribution is 9.10. The number of halogens is 1. The molecule has 0 saturated heterocycles. The molecule has 1 heterocycles. The molecule has 0 aromatic heterocycles. The lowest BCUT2D eigenvalue weighted by Crippen LogP contribution is -2.36. The molecule has 4 heteroatoms. The largest absolute Gasteiger partial charge is 0.454 e. The van der Waals surface area contributed by atoms with Crippen LogP contribution in [0, 0.1) is 5.92 Å². The van der Waals surface area contributed by atoms with Gasteiger partial charge in [0.05, 0.1) is 0 Å². The molecular weight excluding hydrogens is 294 g/mol. The van der Waals surface area contributed by atoms with Crippen molar-refractivity contribution < 1.29 is 9.47 Å². The van der Waals surface area contributed by atoms with Gasteiger partial charge in [0.25, 0.3) is 0 Å². The van der Waals surface area contributed by atoms with Crippen molar-refractivity contribution in [1.29, 1.82) is 0 Å².